The summed E-state index contributed by atoms with van der Waals surface area (Å²) in [5.41, 5.74) is -0.618. The van der Waals surface area contributed by atoms with Gasteiger partial charge in [-0.1, -0.05) is 0 Å². The Hall–Kier alpha value is -1.34. The summed E-state index contributed by atoms with van der Waals surface area (Å²) in [4.78, 5) is 24.7. The smallest absolute Gasteiger partial charge is 0.410 e. The molecule has 0 saturated carbocycles. The van der Waals surface area contributed by atoms with E-state index < -0.39 is 29.8 Å². The highest BCUT2D eigenvalue weighted by Gasteiger charge is 2.36. The lowest BCUT2D eigenvalue weighted by Gasteiger charge is -2.38. The molecule has 0 aromatic rings. The van der Waals surface area contributed by atoms with Gasteiger partial charge < -0.3 is 19.3 Å². The highest BCUT2D eigenvalue weighted by molar-refractivity contribution is 5.71. The van der Waals surface area contributed by atoms with Gasteiger partial charge in [-0.2, -0.15) is 0 Å². The molecule has 1 aliphatic heterocycles. The molecule has 20 heavy (non-hydrogen) atoms. The van der Waals surface area contributed by atoms with Gasteiger partial charge in [0.05, 0.1) is 38.9 Å². The minimum absolute atomic E-state index is 0.164. The van der Waals surface area contributed by atoms with E-state index in [2.05, 4.69) is 4.74 Å². The molecule has 116 valence electrons. The number of amides is 1. The topological polar surface area (TPSA) is 85.3 Å². The lowest BCUT2D eigenvalue weighted by Crippen LogP contribution is -2.55. The summed E-state index contributed by atoms with van der Waals surface area (Å²) in [5.74, 6) is -0.535. The normalized spacial score (nSPS) is 21.2. The third kappa shape index (κ3) is 4.97. The van der Waals surface area contributed by atoms with Gasteiger partial charge in [0.15, 0.2) is 0 Å². The van der Waals surface area contributed by atoms with Crippen LogP contribution in [0.1, 0.15) is 27.2 Å². The molecule has 2 atom stereocenters. The quantitative estimate of drug-likeness (QED) is 0.764. The largest absolute Gasteiger partial charge is 0.469 e. The number of carbonyl (C=O) groups is 2. The Labute approximate surface area is 118 Å². The molecule has 0 aliphatic carbocycles. The Balaban J connectivity index is 2.70. The number of nitrogens with zero attached hydrogens (tertiary/aromatic N) is 1. The van der Waals surface area contributed by atoms with E-state index in [-0.39, 0.29) is 13.0 Å². The van der Waals surface area contributed by atoms with E-state index in [1.807, 2.05) is 0 Å². The lowest BCUT2D eigenvalue weighted by molar-refractivity contribution is -0.145. The van der Waals surface area contributed by atoms with Gasteiger partial charge in [-0.25, -0.2) is 4.79 Å². The van der Waals surface area contributed by atoms with Crippen LogP contribution in [0.25, 0.3) is 0 Å². The highest BCUT2D eigenvalue weighted by Crippen LogP contribution is 2.18. The minimum Gasteiger partial charge on any atom is -0.469 e. The molecule has 0 bridgehead atoms. The summed E-state index contributed by atoms with van der Waals surface area (Å²) in [6.45, 7) is 6.16. The standard InChI is InChI=1S/C13H23NO6/c1-13(2,3)20-12(17)14-5-6-19-8-9(14)10(15)7-11(16)18-4/h9-10,15H,5-8H2,1-4H3/t9?,10-/m1/s1. The zero-order valence-electron chi connectivity index (χ0n) is 12.4. The molecule has 7 nitrogen and oxygen atoms in total. The Morgan fingerprint density at radius 3 is 2.65 bits per heavy atom. The van der Waals surface area contributed by atoms with Gasteiger partial charge in [0, 0.05) is 6.54 Å². The van der Waals surface area contributed by atoms with Crippen LogP contribution in [0.5, 0.6) is 0 Å². The second-order valence-corrected chi connectivity index (χ2v) is 5.66. The van der Waals surface area contributed by atoms with E-state index in [0.717, 1.165) is 0 Å². The Kier molecular flexibility index (Phi) is 5.76. The maximum Gasteiger partial charge on any atom is 0.410 e. The van der Waals surface area contributed by atoms with E-state index in [1.54, 1.807) is 20.8 Å². The molecule has 1 N–H and O–H groups in total. The van der Waals surface area contributed by atoms with Crippen molar-refractivity contribution in [2.75, 3.05) is 26.9 Å². The van der Waals surface area contributed by atoms with Gasteiger partial charge in [0.2, 0.25) is 0 Å². The number of rotatable bonds is 3. The van der Waals surface area contributed by atoms with Crippen LogP contribution in [0, 0.1) is 0 Å². The monoisotopic (exact) mass is 289 g/mol. The van der Waals surface area contributed by atoms with Crippen molar-refractivity contribution in [1.82, 2.24) is 4.90 Å². The maximum absolute atomic E-state index is 12.1. The predicted molar refractivity (Wildman–Crippen MR) is 70.2 cm³/mol. The number of aliphatic hydroxyl groups is 1. The average molecular weight is 289 g/mol. The third-order valence-electron chi connectivity index (χ3n) is 2.84. The molecule has 1 saturated heterocycles. The van der Waals surface area contributed by atoms with Crippen molar-refractivity contribution in [2.24, 2.45) is 0 Å². The van der Waals surface area contributed by atoms with Gasteiger partial charge >= 0.3 is 12.1 Å². The molecule has 1 rings (SSSR count). The van der Waals surface area contributed by atoms with Gasteiger partial charge in [0.25, 0.3) is 0 Å². The number of aliphatic hydroxyl groups excluding tert-OH is 1. The zero-order valence-corrected chi connectivity index (χ0v) is 12.4. The van der Waals surface area contributed by atoms with Crippen molar-refractivity contribution < 1.29 is 28.9 Å². The molecule has 1 fully saturated rings. The molecule has 0 aromatic heterocycles. The number of carbonyl (C=O) groups excluding carboxylic acids is 2. The number of hydrogen-bond donors (Lipinski definition) is 1. The van der Waals surface area contributed by atoms with Gasteiger partial charge in [0.1, 0.15) is 5.60 Å². The summed E-state index contributed by atoms with van der Waals surface area (Å²) >= 11 is 0. The highest BCUT2D eigenvalue weighted by atomic mass is 16.6. The third-order valence-corrected chi connectivity index (χ3v) is 2.84. The van der Waals surface area contributed by atoms with Crippen LogP contribution >= 0.6 is 0 Å². The SMILES string of the molecule is COC(=O)C[C@@H](O)C1COCCN1C(=O)OC(C)(C)C. The summed E-state index contributed by atoms with van der Waals surface area (Å²) < 4.78 is 15.1. The number of esters is 1. The zero-order chi connectivity index (χ0) is 15.3. The Morgan fingerprint density at radius 1 is 1.45 bits per heavy atom. The van der Waals surface area contributed by atoms with Crippen LogP contribution in [0.3, 0.4) is 0 Å². The predicted octanol–water partition coefficient (Wildman–Crippen LogP) is 0.546. The Bertz CT molecular complexity index is 351. The molecule has 0 radical (unpaired) electrons. The fourth-order valence-corrected chi connectivity index (χ4v) is 1.88. The first-order chi connectivity index (χ1) is 9.24. The van der Waals surface area contributed by atoms with Crippen molar-refractivity contribution in [1.29, 1.82) is 0 Å². The summed E-state index contributed by atoms with van der Waals surface area (Å²) in [7, 11) is 1.25. The van der Waals surface area contributed by atoms with E-state index in [4.69, 9.17) is 9.47 Å². The number of methoxy groups -OCH3 is 1. The first-order valence-electron chi connectivity index (χ1n) is 6.57. The van der Waals surface area contributed by atoms with Gasteiger partial charge in [-0.05, 0) is 20.8 Å². The number of hydrogen-bond acceptors (Lipinski definition) is 6. The molecule has 1 heterocycles. The van der Waals surface area contributed by atoms with Crippen LogP contribution in [0.15, 0.2) is 0 Å². The average Bonchev–Trinajstić information content (AvgIpc) is 2.36. The van der Waals surface area contributed by atoms with Gasteiger partial charge in [-0.15, -0.1) is 0 Å². The van der Waals surface area contributed by atoms with E-state index in [0.29, 0.717) is 13.2 Å². The molecule has 0 spiro atoms. The van der Waals surface area contributed by atoms with Crippen LogP contribution < -0.4 is 0 Å². The number of ether oxygens (including phenoxy) is 3. The maximum atomic E-state index is 12.1. The van der Waals surface area contributed by atoms with Crippen molar-refractivity contribution in [2.45, 2.75) is 44.9 Å². The first-order valence-corrected chi connectivity index (χ1v) is 6.57. The van der Waals surface area contributed by atoms with Crippen LogP contribution in [-0.4, -0.2) is 66.7 Å². The van der Waals surface area contributed by atoms with Crippen LogP contribution in [-0.2, 0) is 19.0 Å². The molecule has 7 heteroatoms. The molecular formula is C13H23NO6. The van der Waals surface area contributed by atoms with Crippen molar-refractivity contribution in [3.63, 3.8) is 0 Å². The van der Waals surface area contributed by atoms with Crippen molar-refractivity contribution >= 4 is 12.1 Å². The van der Waals surface area contributed by atoms with Gasteiger partial charge in [-0.3, -0.25) is 9.69 Å². The summed E-state index contributed by atoms with van der Waals surface area (Å²) in [6.07, 6.45) is -1.76. The Morgan fingerprint density at radius 2 is 2.10 bits per heavy atom. The fourth-order valence-electron chi connectivity index (χ4n) is 1.88. The molecule has 1 aliphatic rings. The van der Waals surface area contributed by atoms with Crippen molar-refractivity contribution in [3.05, 3.63) is 0 Å². The molecule has 0 aromatic carbocycles. The van der Waals surface area contributed by atoms with E-state index >= 15 is 0 Å². The second kappa shape index (κ2) is 6.90. The fraction of sp³-hybridized carbons (Fsp3) is 0.846. The van der Waals surface area contributed by atoms with Crippen molar-refractivity contribution in [3.8, 4) is 0 Å². The minimum atomic E-state index is -1.05. The lowest BCUT2D eigenvalue weighted by atomic mass is 10.1. The second-order valence-electron chi connectivity index (χ2n) is 5.66. The number of morpholine rings is 1. The van der Waals surface area contributed by atoms with Crippen LogP contribution in [0.4, 0.5) is 4.79 Å². The molecule has 1 unspecified atom stereocenters. The summed E-state index contributed by atoms with van der Waals surface area (Å²) in [6, 6.07) is -0.613. The molecular weight excluding hydrogens is 266 g/mol. The summed E-state index contributed by atoms with van der Waals surface area (Å²) in [5, 5.41) is 10.1. The van der Waals surface area contributed by atoms with E-state index in [1.165, 1.54) is 12.0 Å². The first kappa shape index (κ1) is 16.7. The van der Waals surface area contributed by atoms with Crippen LogP contribution in [0.2, 0.25) is 0 Å². The molecule has 1 amide bonds. The van der Waals surface area contributed by atoms with E-state index in [9.17, 15) is 14.7 Å².